The maximum Gasteiger partial charge on any atom is 0.170 e. The monoisotopic (exact) mass is 337 g/mol. The van der Waals surface area contributed by atoms with Crippen LogP contribution in [-0.4, -0.2) is 4.98 Å². The Morgan fingerprint density at radius 3 is 2.83 bits per heavy atom. The molecule has 0 bridgehead atoms. The molecule has 0 unspecified atom stereocenters. The zero-order valence-electron chi connectivity index (χ0n) is 6.15. The predicted octanol–water partition coefficient (Wildman–Crippen LogP) is 2.14. The van der Waals surface area contributed by atoms with Crippen LogP contribution in [0.1, 0.15) is 0 Å². The standard InChI is InChI=1S/C9H6NO.Ir/c1-2-4-8(5-3-1)9-6-11-7-10-9;/h1-4,6-7H;/q-1;. The summed E-state index contributed by atoms with van der Waals surface area (Å²) in [6.45, 7) is 0. The molecule has 0 spiro atoms. The number of aromatic nitrogens is 1. The summed E-state index contributed by atoms with van der Waals surface area (Å²) in [5, 5.41) is 0. The van der Waals surface area contributed by atoms with Crippen molar-refractivity contribution in [3.05, 3.63) is 43.0 Å². The number of hydrogen-bond acceptors (Lipinski definition) is 2. The minimum atomic E-state index is 0. The van der Waals surface area contributed by atoms with Crippen molar-refractivity contribution in [2.45, 2.75) is 0 Å². The van der Waals surface area contributed by atoms with E-state index in [2.05, 4.69) is 11.1 Å². The molecule has 12 heavy (non-hydrogen) atoms. The maximum atomic E-state index is 4.84. The van der Waals surface area contributed by atoms with Gasteiger partial charge in [0.2, 0.25) is 0 Å². The predicted molar refractivity (Wildman–Crippen MR) is 40.8 cm³/mol. The molecule has 0 atom stereocenters. The molecule has 2 aromatic rings. The van der Waals surface area contributed by atoms with Gasteiger partial charge in [-0.2, -0.15) is 0 Å². The molecule has 1 aromatic carbocycles. The normalized spacial score (nSPS) is 9.00. The third-order valence-electron chi connectivity index (χ3n) is 1.42. The quantitative estimate of drug-likeness (QED) is 0.746. The molecule has 3 heteroatoms. The Balaban J connectivity index is 0.000000720. The first-order valence-corrected chi connectivity index (χ1v) is 3.32. The van der Waals surface area contributed by atoms with Crippen LogP contribution in [0.25, 0.3) is 11.3 Å². The molecule has 0 saturated heterocycles. The van der Waals surface area contributed by atoms with E-state index in [-0.39, 0.29) is 20.1 Å². The fourth-order valence-electron chi connectivity index (χ4n) is 0.898. The molecule has 0 amide bonds. The van der Waals surface area contributed by atoms with Crippen LogP contribution in [-0.2, 0) is 20.1 Å². The van der Waals surface area contributed by atoms with Crippen molar-refractivity contribution in [2.24, 2.45) is 0 Å². The molecule has 2 nitrogen and oxygen atoms in total. The van der Waals surface area contributed by atoms with Crippen molar-refractivity contribution < 1.29 is 24.5 Å². The Kier molecular flexibility index (Phi) is 3.20. The minimum Gasteiger partial charge on any atom is -0.462 e. The van der Waals surface area contributed by atoms with E-state index in [0.717, 1.165) is 11.3 Å². The minimum absolute atomic E-state index is 0. The third kappa shape index (κ3) is 1.81. The summed E-state index contributed by atoms with van der Waals surface area (Å²) >= 11 is 0. The van der Waals surface area contributed by atoms with Gasteiger partial charge >= 0.3 is 0 Å². The average Bonchev–Trinajstić information content (AvgIpc) is 2.58. The van der Waals surface area contributed by atoms with Gasteiger partial charge in [-0.25, -0.2) is 0 Å². The molecule has 63 valence electrons. The van der Waals surface area contributed by atoms with E-state index in [9.17, 15) is 0 Å². The van der Waals surface area contributed by atoms with Gasteiger partial charge in [0, 0.05) is 25.8 Å². The SMILES string of the molecule is [Ir].[c-]1ccccc1-c1cocn1. The van der Waals surface area contributed by atoms with Gasteiger partial charge in [-0.15, -0.1) is 35.9 Å². The number of nitrogens with zero attached hydrogens (tertiary/aromatic N) is 1. The largest absolute Gasteiger partial charge is 0.462 e. The second-order valence-corrected chi connectivity index (χ2v) is 2.15. The van der Waals surface area contributed by atoms with Crippen LogP contribution >= 0.6 is 0 Å². The van der Waals surface area contributed by atoms with E-state index in [1.165, 1.54) is 6.39 Å². The smallest absolute Gasteiger partial charge is 0.170 e. The fourth-order valence-corrected chi connectivity index (χ4v) is 0.898. The van der Waals surface area contributed by atoms with E-state index in [0.29, 0.717) is 0 Å². The molecule has 0 aliphatic heterocycles. The molecule has 2 rings (SSSR count). The van der Waals surface area contributed by atoms with Crippen molar-refractivity contribution in [1.29, 1.82) is 0 Å². The van der Waals surface area contributed by atoms with Gasteiger partial charge in [0.15, 0.2) is 6.39 Å². The Labute approximate surface area is 84.0 Å². The molecule has 0 N–H and O–H groups in total. The summed E-state index contributed by atoms with van der Waals surface area (Å²) in [4.78, 5) is 3.99. The fraction of sp³-hybridized carbons (Fsp3) is 0. The summed E-state index contributed by atoms with van der Waals surface area (Å²) in [6, 6.07) is 10.7. The number of hydrogen-bond donors (Lipinski definition) is 0. The van der Waals surface area contributed by atoms with Gasteiger partial charge in [-0.05, 0) is 0 Å². The molecule has 0 saturated carbocycles. The Morgan fingerprint density at radius 2 is 2.25 bits per heavy atom. The summed E-state index contributed by atoms with van der Waals surface area (Å²) in [5.41, 5.74) is 1.78. The van der Waals surface area contributed by atoms with Gasteiger partial charge in [-0.1, -0.05) is 0 Å². The van der Waals surface area contributed by atoms with Crippen LogP contribution in [0.4, 0.5) is 0 Å². The van der Waals surface area contributed by atoms with Crippen LogP contribution < -0.4 is 0 Å². The molecular weight excluding hydrogens is 330 g/mol. The molecular formula is C9H6IrNO-. The van der Waals surface area contributed by atoms with E-state index in [1.54, 1.807) is 6.26 Å². The zero-order valence-corrected chi connectivity index (χ0v) is 8.55. The van der Waals surface area contributed by atoms with E-state index in [1.807, 2.05) is 24.3 Å². The Bertz CT molecular complexity index is 318. The molecule has 0 fully saturated rings. The van der Waals surface area contributed by atoms with Crippen molar-refractivity contribution in [1.82, 2.24) is 4.98 Å². The van der Waals surface area contributed by atoms with Crippen molar-refractivity contribution in [3.8, 4) is 11.3 Å². The van der Waals surface area contributed by atoms with Crippen LogP contribution in [0.2, 0.25) is 0 Å². The van der Waals surface area contributed by atoms with Crippen LogP contribution in [0.5, 0.6) is 0 Å². The zero-order chi connectivity index (χ0) is 7.52. The van der Waals surface area contributed by atoms with Gasteiger partial charge in [0.25, 0.3) is 0 Å². The summed E-state index contributed by atoms with van der Waals surface area (Å²) in [5.74, 6) is 0. The second kappa shape index (κ2) is 4.19. The van der Waals surface area contributed by atoms with Crippen LogP contribution in [0.3, 0.4) is 0 Å². The summed E-state index contributed by atoms with van der Waals surface area (Å²) in [7, 11) is 0. The molecule has 1 heterocycles. The number of benzene rings is 1. The van der Waals surface area contributed by atoms with Crippen molar-refractivity contribution in [2.75, 3.05) is 0 Å². The topological polar surface area (TPSA) is 26.0 Å². The van der Waals surface area contributed by atoms with Gasteiger partial charge < -0.3 is 4.42 Å². The van der Waals surface area contributed by atoms with Crippen LogP contribution in [0, 0.1) is 6.07 Å². The molecule has 0 aliphatic carbocycles. The van der Waals surface area contributed by atoms with E-state index >= 15 is 0 Å². The van der Waals surface area contributed by atoms with Crippen LogP contribution in [0.15, 0.2) is 41.3 Å². The number of rotatable bonds is 1. The summed E-state index contributed by atoms with van der Waals surface area (Å²) in [6.07, 6.45) is 3.02. The summed E-state index contributed by atoms with van der Waals surface area (Å²) < 4.78 is 4.84. The number of oxazole rings is 1. The average molecular weight is 336 g/mol. The van der Waals surface area contributed by atoms with Gasteiger partial charge in [0.1, 0.15) is 0 Å². The van der Waals surface area contributed by atoms with Crippen molar-refractivity contribution in [3.63, 3.8) is 0 Å². The van der Waals surface area contributed by atoms with Gasteiger partial charge in [-0.3, -0.25) is 4.98 Å². The third-order valence-corrected chi connectivity index (χ3v) is 1.42. The molecule has 1 radical (unpaired) electrons. The first-order chi connectivity index (χ1) is 5.47. The second-order valence-electron chi connectivity index (χ2n) is 2.15. The van der Waals surface area contributed by atoms with Crippen molar-refractivity contribution >= 4 is 0 Å². The first kappa shape index (κ1) is 9.17. The molecule has 1 aromatic heterocycles. The van der Waals surface area contributed by atoms with E-state index in [4.69, 9.17) is 4.42 Å². The molecule has 0 aliphatic rings. The Hall–Kier alpha value is -0.921. The maximum absolute atomic E-state index is 4.84. The van der Waals surface area contributed by atoms with Gasteiger partial charge in [0.05, 0.1) is 6.26 Å². The first-order valence-electron chi connectivity index (χ1n) is 3.32. The Morgan fingerprint density at radius 1 is 1.33 bits per heavy atom. The van der Waals surface area contributed by atoms with E-state index < -0.39 is 0 Å².